The van der Waals surface area contributed by atoms with Gasteiger partial charge in [0.25, 0.3) is 5.91 Å². The summed E-state index contributed by atoms with van der Waals surface area (Å²) in [4.78, 5) is 38.3. The fourth-order valence-electron chi connectivity index (χ4n) is 2.79. The molecule has 0 aromatic heterocycles. The fraction of sp³-hybridized carbons (Fsp3) is 0.471. The summed E-state index contributed by atoms with van der Waals surface area (Å²) in [6.07, 6.45) is 0.784. The highest BCUT2D eigenvalue weighted by atomic mass is 19.1. The van der Waals surface area contributed by atoms with E-state index in [1.165, 1.54) is 37.3 Å². The largest absolute Gasteiger partial charge is 0.494 e. The van der Waals surface area contributed by atoms with Gasteiger partial charge in [0.1, 0.15) is 0 Å². The van der Waals surface area contributed by atoms with E-state index in [2.05, 4.69) is 0 Å². The third-order valence-corrected chi connectivity index (χ3v) is 4.33. The maximum Gasteiger partial charge on any atom is 0.306 e. The summed E-state index contributed by atoms with van der Waals surface area (Å²) in [5.74, 6) is -3.01. The Morgan fingerprint density at radius 2 is 1.96 bits per heavy atom. The lowest BCUT2D eigenvalue weighted by Gasteiger charge is -2.31. The molecule has 1 aromatic carbocycles. The molecule has 0 spiro atoms. The number of amides is 2. The van der Waals surface area contributed by atoms with Crippen molar-refractivity contribution in [2.24, 2.45) is 5.92 Å². The summed E-state index contributed by atoms with van der Waals surface area (Å²) in [6.45, 7) is 0.476. The first-order valence-corrected chi connectivity index (χ1v) is 7.93. The molecule has 0 unspecified atom stereocenters. The number of hydrogen-bond acceptors (Lipinski definition) is 4. The molecule has 1 saturated heterocycles. The zero-order valence-electron chi connectivity index (χ0n) is 14.2. The van der Waals surface area contributed by atoms with Crippen LogP contribution in [0.2, 0.25) is 0 Å². The number of halogens is 1. The summed E-state index contributed by atoms with van der Waals surface area (Å²) in [5.41, 5.74) is -0.167. The molecule has 1 aliphatic rings. The normalized spacial score (nSPS) is 14.9. The molecule has 1 heterocycles. The number of carboxylic acid groups (broad SMARTS) is 1. The molecule has 8 heteroatoms. The maximum absolute atomic E-state index is 14.2. The van der Waals surface area contributed by atoms with Gasteiger partial charge in [0.05, 0.1) is 25.1 Å². The Morgan fingerprint density at radius 3 is 2.52 bits per heavy atom. The zero-order valence-corrected chi connectivity index (χ0v) is 14.2. The SMILES string of the molecule is COc1cccc(C(=O)N(C)CC(=O)N2CCC(C(=O)O)CC2)c1F. The van der Waals surface area contributed by atoms with Crippen LogP contribution in [0.1, 0.15) is 23.2 Å². The third-order valence-electron chi connectivity index (χ3n) is 4.33. The van der Waals surface area contributed by atoms with Crippen LogP contribution in [0.15, 0.2) is 18.2 Å². The van der Waals surface area contributed by atoms with Crippen LogP contribution in [0.5, 0.6) is 5.75 Å². The van der Waals surface area contributed by atoms with Crippen molar-refractivity contribution >= 4 is 17.8 Å². The van der Waals surface area contributed by atoms with Crippen LogP contribution in [0.4, 0.5) is 4.39 Å². The molecule has 1 fully saturated rings. The molecular weight excluding hydrogens is 331 g/mol. The van der Waals surface area contributed by atoms with Gasteiger partial charge in [-0.05, 0) is 25.0 Å². The number of nitrogens with zero attached hydrogens (tertiary/aromatic N) is 2. The Bertz CT molecular complexity index is 671. The van der Waals surface area contributed by atoms with Gasteiger partial charge in [0.15, 0.2) is 11.6 Å². The number of hydrogen-bond donors (Lipinski definition) is 1. The lowest BCUT2D eigenvalue weighted by Crippen LogP contribution is -2.45. The van der Waals surface area contributed by atoms with Crippen LogP contribution in [0, 0.1) is 11.7 Å². The Labute approximate surface area is 145 Å². The number of carbonyl (C=O) groups is 3. The quantitative estimate of drug-likeness (QED) is 0.861. The molecule has 0 radical (unpaired) electrons. The first-order chi connectivity index (χ1) is 11.8. The minimum Gasteiger partial charge on any atom is -0.494 e. The van der Waals surface area contributed by atoms with Crippen molar-refractivity contribution in [1.82, 2.24) is 9.80 Å². The van der Waals surface area contributed by atoms with Gasteiger partial charge >= 0.3 is 5.97 Å². The molecule has 0 atom stereocenters. The average molecular weight is 352 g/mol. The first kappa shape index (κ1) is 18.7. The number of ether oxygens (including phenoxy) is 1. The van der Waals surface area contributed by atoms with Gasteiger partial charge in [0.2, 0.25) is 5.91 Å². The minimum atomic E-state index is -0.854. The molecule has 1 aromatic rings. The van der Waals surface area contributed by atoms with E-state index < -0.39 is 23.6 Å². The minimum absolute atomic E-state index is 0.0404. The van der Waals surface area contributed by atoms with E-state index in [9.17, 15) is 18.8 Å². The molecule has 0 saturated carbocycles. The molecule has 0 aliphatic carbocycles. The summed E-state index contributed by atoms with van der Waals surface area (Å²) < 4.78 is 19.0. The second-order valence-electron chi connectivity index (χ2n) is 5.98. The topological polar surface area (TPSA) is 87.2 Å². The van der Waals surface area contributed by atoms with Crippen molar-refractivity contribution in [2.75, 3.05) is 33.8 Å². The average Bonchev–Trinajstić information content (AvgIpc) is 2.61. The van der Waals surface area contributed by atoms with Gasteiger partial charge in [-0.2, -0.15) is 0 Å². The summed E-state index contributed by atoms with van der Waals surface area (Å²) in [7, 11) is 2.73. The van der Waals surface area contributed by atoms with Crippen molar-refractivity contribution in [3.05, 3.63) is 29.6 Å². The van der Waals surface area contributed by atoms with Crippen LogP contribution < -0.4 is 4.74 Å². The molecule has 0 bridgehead atoms. The number of benzene rings is 1. The second kappa shape index (κ2) is 7.96. The highest BCUT2D eigenvalue weighted by Gasteiger charge is 2.28. The number of piperidine rings is 1. The van der Waals surface area contributed by atoms with E-state index in [0.717, 1.165) is 4.90 Å². The van der Waals surface area contributed by atoms with E-state index in [0.29, 0.717) is 25.9 Å². The Balaban J connectivity index is 1.97. The van der Waals surface area contributed by atoms with E-state index in [1.807, 2.05) is 0 Å². The van der Waals surface area contributed by atoms with Crippen LogP contribution in [0.25, 0.3) is 0 Å². The van der Waals surface area contributed by atoms with E-state index in [-0.39, 0.29) is 23.8 Å². The lowest BCUT2D eigenvalue weighted by molar-refractivity contribution is -0.145. The Morgan fingerprint density at radius 1 is 1.32 bits per heavy atom. The van der Waals surface area contributed by atoms with Gasteiger partial charge in [-0.15, -0.1) is 0 Å². The predicted octanol–water partition coefficient (Wildman–Crippen LogP) is 1.23. The number of rotatable bonds is 5. The molecule has 136 valence electrons. The molecule has 1 aliphatic heterocycles. The van der Waals surface area contributed by atoms with Crippen molar-refractivity contribution < 1.29 is 28.6 Å². The second-order valence-corrected chi connectivity index (χ2v) is 5.98. The smallest absolute Gasteiger partial charge is 0.306 e. The molecule has 2 amide bonds. The predicted molar refractivity (Wildman–Crippen MR) is 86.9 cm³/mol. The summed E-state index contributed by atoms with van der Waals surface area (Å²) in [6, 6.07) is 4.24. The van der Waals surface area contributed by atoms with Crippen molar-refractivity contribution in [1.29, 1.82) is 0 Å². The monoisotopic (exact) mass is 352 g/mol. The Hall–Kier alpha value is -2.64. The highest BCUT2D eigenvalue weighted by molar-refractivity contribution is 5.97. The maximum atomic E-state index is 14.2. The van der Waals surface area contributed by atoms with Gasteiger partial charge < -0.3 is 19.6 Å². The van der Waals surface area contributed by atoms with Crippen molar-refractivity contribution in [2.45, 2.75) is 12.8 Å². The number of likely N-dealkylation sites (tertiary alicyclic amines) is 1. The third kappa shape index (κ3) is 4.26. The number of aliphatic carboxylic acids is 1. The van der Waals surface area contributed by atoms with Crippen LogP contribution in [-0.2, 0) is 9.59 Å². The number of carboxylic acids is 1. The zero-order chi connectivity index (χ0) is 18.6. The lowest BCUT2D eigenvalue weighted by atomic mass is 9.97. The molecule has 7 nitrogen and oxygen atoms in total. The number of carbonyl (C=O) groups excluding carboxylic acids is 2. The van der Waals surface area contributed by atoms with Crippen LogP contribution in [-0.4, -0.2) is 66.5 Å². The highest BCUT2D eigenvalue weighted by Crippen LogP contribution is 2.21. The van der Waals surface area contributed by atoms with E-state index >= 15 is 0 Å². The van der Waals surface area contributed by atoms with Crippen molar-refractivity contribution in [3.8, 4) is 5.75 Å². The number of methoxy groups -OCH3 is 1. The van der Waals surface area contributed by atoms with Gasteiger partial charge in [0, 0.05) is 20.1 Å². The van der Waals surface area contributed by atoms with Gasteiger partial charge in [-0.1, -0.05) is 6.07 Å². The standard InChI is InChI=1S/C17H21FN2O5/c1-19(16(22)12-4-3-5-13(25-2)15(12)18)10-14(21)20-8-6-11(7-9-20)17(23)24/h3-5,11H,6-10H2,1-2H3,(H,23,24). The fourth-order valence-corrected chi connectivity index (χ4v) is 2.79. The van der Waals surface area contributed by atoms with E-state index in [1.54, 1.807) is 0 Å². The van der Waals surface area contributed by atoms with Gasteiger partial charge in [-0.25, -0.2) is 4.39 Å². The summed E-state index contributed by atoms with van der Waals surface area (Å²) in [5, 5.41) is 8.97. The molecule has 1 N–H and O–H groups in total. The van der Waals surface area contributed by atoms with Crippen LogP contribution in [0.3, 0.4) is 0 Å². The van der Waals surface area contributed by atoms with E-state index in [4.69, 9.17) is 9.84 Å². The Kier molecular flexibility index (Phi) is 5.95. The molecular formula is C17H21FN2O5. The van der Waals surface area contributed by atoms with Crippen molar-refractivity contribution in [3.63, 3.8) is 0 Å². The number of likely N-dealkylation sites (N-methyl/N-ethyl adjacent to an activating group) is 1. The van der Waals surface area contributed by atoms with Gasteiger partial charge in [-0.3, -0.25) is 14.4 Å². The molecule has 25 heavy (non-hydrogen) atoms. The summed E-state index contributed by atoms with van der Waals surface area (Å²) >= 11 is 0. The first-order valence-electron chi connectivity index (χ1n) is 7.93. The molecule has 2 rings (SSSR count). The van der Waals surface area contributed by atoms with Crippen LogP contribution >= 0.6 is 0 Å².